The molecule has 1 unspecified atom stereocenters. The van der Waals surface area contributed by atoms with E-state index in [1.807, 2.05) is 13.0 Å². The van der Waals surface area contributed by atoms with Crippen molar-refractivity contribution in [1.29, 1.82) is 0 Å². The molecule has 1 aromatic heterocycles. The molecule has 0 saturated heterocycles. The van der Waals surface area contributed by atoms with Crippen molar-refractivity contribution in [2.24, 2.45) is 0 Å². The molecule has 25 heavy (non-hydrogen) atoms. The Morgan fingerprint density at radius 2 is 2.00 bits per heavy atom. The molecule has 1 aliphatic heterocycles. The summed E-state index contributed by atoms with van der Waals surface area (Å²) in [6.07, 6.45) is -2.12. The van der Waals surface area contributed by atoms with E-state index in [2.05, 4.69) is 9.97 Å². The van der Waals surface area contributed by atoms with E-state index in [0.717, 1.165) is 29.9 Å². The Balaban J connectivity index is 1.92. The quantitative estimate of drug-likeness (QED) is 0.913. The van der Waals surface area contributed by atoms with Gasteiger partial charge >= 0.3 is 12.1 Å². The highest BCUT2D eigenvalue weighted by Crippen LogP contribution is 2.33. The number of carboxylic acids is 1. The highest BCUT2D eigenvalue weighted by molar-refractivity contribution is 5.88. The molecule has 5 nitrogen and oxygen atoms in total. The summed E-state index contributed by atoms with van der Waals surface area (Å²) in [5.74, 6) is -0.672. The van der Waals surface area contributed by atoms with Crippen LogP contribution in [0.4, 0.5) is 19.1 Å². The molecule has 1 N–H and O–H groups in total. The minimum absolute atomic E-state index is 0.137. The lowest BCUT2D eigenvalue weighted by molar-refractivity contribution is -0.138. The molecule has 3 rings (SSSR count). The molecular weight excluding hydrogens is 335 g/mol. The van der Waals surface area contributed by atoms with Crippen molar-refractivity contribution in [1.82, 2.24) is 9.97 Å². The molecule has 1 aromatic carbocycles. The lowest BCUT2D eigenvalue weighted by Crippen LogP contribution is -2.35. The van der Waals surface area contributed by atoms with Crippen LogP contribution in [0.25, 0.3) is 0 Å². The molecule has 0 amide bonds. The Bertz CT molecular complexity index is 791. The van der Waals surface area contributed by atoms with Crippen LogP contribution >= 0.6 is 0 Å². The van der Waals surface area contributed by atoms with Gasteiger partial charge in [0.15, 0.2) is 0 Å². The van der Waals surface area contributed by atoms with Gasteiger partial charge in [0.2, 0.25) is 5.95 Å². The summed E-state index contributed by atoms with van der Waals surface area (Å²) in [6.45, 7) is 2.94. The van der Waals surface area contributed by atoms with Crippen molar-refractivity contribution in [3.05, 3.63) is 52.8 Å². The second-order valence-electron chi connectivity index (χ2n) is 5.97. The average molecular weight is 351 g/mol. The highest BCUT2D eigenvalue weighted by atomic mass is 19.4. The van der Waals surface area contributed by atoms with Crippen LogP contribution in [0.1, 0.15) is 46.3 Å². The first-order valence-electron chi connectivity index (χ1n) is 7.80. The fourth-order valence-corrected chi connectivity index (χ4v) is 3.04. The first kappa shape index (κ1) is 17.2. The predicted octanol–water partition coefficient (Wildman–Crippen LogP) is 3.71. The number of hydrogen-bond acceptors (Lipinski definition) is 4. The SMILES string of the molecule is CCC1CN(c2ncc(C(F)(F)F)cn2)Cc2cc(C(=O)O)ccc21. The third-order valence-corrected chi connectivity index (χ3v) is 4.37. The van der Waals surface area contributed by atoms with E-state index in [1.54, 1.807) is 17.0 Å². The van der Waals surface area contributed by atoms with Crippen LogP contribution < -0.4 is 4.90 Å². The molecule has 0 radical (unpaired) electrons. The normalized spacial score (nSPS) is 17.3. The van der Waals surface area contributed by atoms with E-state index < -0.39 is 17.7 Å². The maximum Gasteiger partial charge on any atom is 0.419 e. The zero-order valence-electron chi connectivity index (χ0n) is 13.4. The first-order chi connectivity index (χ1) is 11.8. The van der Waals surface area contributed by atoms with Gasteiger partial charge in [-0.15, -0.1) is 0 Å². The monoisotopic (exact) mass is 351 g/mol. The predicted molar refractivity (Wildman–Crippen MR) is 84.5 cm³/mol. The Morgan fingerprint density at radius 1 is 1.32 bits per heavy atom. The Kier molecular flexibility index (Phi) is 4.36. The van der Waals surface area contributed by atoms with Gasteiger partial charge in [-0.25, -0.2) is 14.8 Å². The van der Waals surface area contributed by atoms with Crippen LogP contribution in [0.3, 0.4) is 0 Å². The highest BCUT2D eigenvalue weighted by Gasteiger charge is 2.32. The fraction of sp³-hybridized carbons (Fsp3) is 0.353. The van der Waals surface area contributed by atoms with Gasteiger partial charge in [0, 0.05) is 31.4 Å². The largest absolute Gasteiger partial charge is 0.478 e. The second kappa shape index (κ2) is 6.34. The fourth-order valence-electron chi connectivity index (χ4n) is 3.04. The summed E-state index contributed by atoms with van der Waals surface area (Å²) in [6, 6.07) is 5.00. The first-order valence-corrected chi connectivity index (χ1v) is 7.80. The van der Waals surface area contributed by atoms with Gasteiger partial charge in [-0.3, -0.25) is 0 Å². The smallest absolute Gasteiger partial charge is 0.419 e. The Morgan fingerprint density at radius 3 is 2.56 bits per heavy atom. The van der Waals surface area contributed by atoms with Crippen molar-refractivity contribution in [3.8, 4) is 0 Å². The van der Waals surface area contributed by atoms with Crippen LogP contribution in [0, 0.1) is 0 Å². The molecular formula is C17H16F3N3O2. The molecule has 2 aromatic rings. The maximum absolute atomic E-state index is 12.6. The Labute approximate surface area is 142 Å². The van der Waals surface area contributed by atoms with Crippen LogP contribution in [-0.2, 0) is 12.7 Å². The number of fused-ring (bicyclic) bond motifs is 1. The number of nitrogens with zero attached hydrogens (tertiary/aromatic N) is 3. The van der Waals surface area contributed by atoms with Crippen molar-refractivity contribution < 1.29 is 23.1 Å². The molecule has 132 valence electrons. The van der Waals surface area contributed by atoms with Crippen LogP contribution in [0.5, 0.6) is 0 Å². The maximum atomic E-state index is 12.6. The zero-order chi connectivity index (χ0) is 18.2. The van der Waals surface area contributed by atoms with Crippen molar-refractivity contribution in [3.63, 3.8) is 0 Å². The number of aromatic nitrogens is 2. The summed E-state index contributed by atoms with van der Waals surface area (Å²) >= 11 is 0. The Hall–Kier alpha value is -2.64. The number of carboxylic acid groups (broad SMARTS) is 1. The third-order valence-electron chi connectivity index (χ3n) is 4.37. The van der Waals surface area contributed by atoms with Crippen LogP contribution in [0.2, 0.25) is 0 Å². The number of aromatic carboxylic acids is 1. The molecule has 0 fully saturated rings. The molecule has 0 aliphatic carbocycles. The third kappa shape index (κ3) is 3.42. The molecule has 1 aliphatic rings. The summed E-state index contributed by atoms with van der Waals surface area (Å²) in [4.78, 5) is 20.6. The van der Waals surface area contributed by atoms with Crippen molar-refractivity contribution in [2.45, 2.75) is 32.0 Å². The van der Waals surface area contributed by atoms with Gasteiger partial charge in [-0.05, 0) is 29.7 Å². The number of alkyl halides is 3. The van der Waals surface area contributed by atoms with Gasteiger partial charge in [-0.2, -0.15) is 13.2 Å². The lowest BCUT2D eigenvalue weighted by atomic mass is 9.87. The number of hydrogen-bond donors (Lipinski definition) is 1. The van der Waals surface area contributed by atoms with Gasteiger partial charge in [0.1, 0.15) is 0 Å². The summed E-state index contributed by atoms with van der Waals surface area (Å²) < 4.78 is 37.9. The number of carbonyl (C=O) groups is 1. The average Bonchev–Trinajstić information content (AvgIpc) is 2.59. The van der Waals surface area contributed by atoms with Crippen LogP contribution in [-0.4, -0.2) is 27.6 Å². The zero-order valence-corrected chi connectivity index (χ0v) is 13.4. The van der Waals surface area contributed by atoms with Crippen molar-refractivity contribution >= 4 is 11.9 Å². The van der Waals surface area contributed by atoms with Crippen LogP contribution in [0.15, 0.2) is 30.6 Å². The standard InChI is InChI=1S/C17H16F3N3O2/c1-2-10-8-23(16-21-6-13(7-22-16)17(18,19)20)9-12-5-11(15(24)25)3-4-14(10)12/h3-7,10H,2,8-9H2,1H3,(H,24,25). The molecule has 0 bridgehead atoms. The number of anilines is 1. The van der Waals surface area contributed by atoms with Gasteiger partial charge in [-0.1, -0.05) is 13.0 Å². The lowest BCUT2D eigenvalue weighted by Gasteiger charge is -2.34. The molecule has 8 heteroatoms. The van der Waals surface area contributed by atoms with Gasteiger partial charge in [0.25, 0.3) is 0 Å². The minimum Gasteiger partial charge on any atom is -0.478 e. The number of rotatable bonds is 3. The minimum atomic E-state index is -4.48. The van der Waals surface area contributed by atoms with Gasteiger partial charge < -0.3 is 10.0 Å². The van der Waals surface area contributed by atoms with E-state index in [9.17, 15) is 18.0 Å². The summed E-state index contributed by atoms with van der Waals surface area (Å²) in [7, 11) is 0. The number of benzene rings is 1. The summed E-state index contributed by atoms with van der Waals surface area (Å²) in [5.41, 5.74) is 1.19. The summed E-state index contributed by atoms with van der Waals surface area (Å²) in [5, 5.41) is 9.15. The molecule has 0 spiro atoms. The van der Waals surface area contributed by atoms with Crippen molar-refractivity contribution in [2.75, 3.05) is 11.4 Å². The van der Waals surface area contributed by atoms with E-state index in [0.29, 0.717) is 13.1 Å². The second-order valence-corrected chi connectivity index (χ2v) is 5.97. The van der Waals surface area contributed by atoms with Gasteiger partial charge in [0.05, 0.1) is 11.1 Å². The topological polar surface area (TPSA) is 66.3 Å². The number of halogens is 3. The van der Waals surface area contributed by atoms with E-state index in [-0.39, 0.29) is 17.4 Å². The van der Waals surface area contributed by atoms with E-state index in [1.165, 1.54) is 0 Å². The molecule has 2 heterocycles. The van der Waals surface area contributed by atoms with E-state index in [4.69, 9.17) is 5.11 Å². The molecule has 0 saturated carbocycles. The van der Waals surface area contributed by atoms with E-state index >= 15 is 0 Å². The molecule has 1 atom stereocenters.